The number of rotatable bonds is 5. The first-order valence-electron chi connectivity index (χ1n) is 6.77. The molecule has 0 heterocycles. The molecule has 20 heavy (non-hydrogen) atoms. The average molecular weight is 279 g/mol. The van der Waals surface area contributed by atoms with Crippen LogP contribution in [0.2, 0.25) is 0 Å². The normalized spacial score (nSPS) is 11.3. The van der Waals surface area contributed by atoms with Gasteiger partial charge in [-0.15, -0.1) is 0 Å². The lowest BCUT2D eigenvalue weighted by Crippen LogP contribution is -2.28. The number of amides is 1. The Kier molecular flexibility index (Phi) is 5.57. The monoisotopic (exact) mass is 279 g/mol. The van der Waals surface area contributed by atoms with Crippen molar-refractivity contribution in [3.05, 3.63) is 28.8 Å². The summed E-state index contributed by atoms with van der Waals surface area (Å²) < 4.78 is 10.4. The van der Waals surface area contributed by atoms with E-state index in [4.69, 9.17) is 9.47 Å². The van der Waals surface area contributed by atoms with Gasteiger partial charge in [0.2, 0.25) is 0 Å². The van der Waals surface area contributed by atoms with Crippen LogP contribution in [-0.2, 0) is 10.2 Å². The highest BCUT2D eigenvalue weighted by atomic mass is 16.5. The Labute approximate surface area is 121 Å². The molecule has 1 amide bonds. The van der Waals surface area contributed by atoms with E-state index in [1.54, 1.807) is 14.2 Å². The van der Waals surface area contributed by atoms with Gasteiger partial charge >= 0.3 is 0 Å². The zero-order valence-corrected chi connectivity index (χ0v) is 13.3. The fourth-order valence-corrected chi connectivity index (χ4v) is 2.08. The van der Waals surface area contributed by atoms with E-state index in [-0.39, 0.29) is 11.3 Å². The highest BCUT2D eigenvalue weighted by molar-refractivity contribution is 5.97. The molecular weight excluding hydrogens is 254 g/mol. The molecule has 0 aliphatic rings. The summed E-state index contributed by atoms with van der Waals surface area (Å²) in [5, 5.41) is 2.84. The molecule has 1 rings (SSSR count). The summed E-state index contributed by atoms with van der Waals surface area (Å²) in [5.74, 6) is 0.520. The van der Waals surface area contributed by atoms with Crippen LogP contribution in [-0.4, -0.2) is 33.3 Å². The Morgan fingerprint density at radius 1 is 1.25 bits per heavy atom. The van der Waals surface area contributed by atoms with Crippen LogP contribution >= 0.6 is 0 Å². The molecule has 1 N–H and O–H groups in total. The maximum Gasteiger partial charge on any atom is 0.255 e. The SMILES string of the molecule is COCCNC(=O)c1cc(C)cc(C(C)(C)C)c1OC. The number of hydrogen-bond acceptors (Lipinski definition) is 3. The highest BCUT2D eigenvalue weighted by Gasteiger charge is 2.24. The molecular formula is C16H25NO3. The quantitative estimate of drug-likeness (QED) is 0.843. The molecule has 4 heteroatoms. The average Bonchev–Trinajstić information content (AvgIpc) is 2.36. The summed E-state index contributed by atoms with van der Waals surface area (Å²) in [7, 11) is 3.21. The van der Waals surface area contributed by atoms with E-state index in [1.807, 2.05) is 13.0 Å². The molecule has 0 saturated heterocycles. The molecule has 0 aliphatic carbocycles. The second-order valence-electron chi connectivity index (χ2n) is 5.89. The van der Waals surface area contributed by atoms with Crippen molar-refractivity contribution < 1.29 is 14.3 Å². The van der Waals surface area contributed by atoms with Gasteiger partial charge < -0.3 is 14.8 Å². The van der Waals surface area contributed by atoms with E-state index >= 15 is 0 Å². The molecule has 0 radical (unpaired) electrons. The first kappa shape index (κ1) is 16.5. The van der Waals surface area contributed by atoms with Crippen molar-refractivity contribution in [2.75, 3.05) is 27.4 Å². The zero-order valence-electron chi connectivity index (χ0n) is 13.3. The molecule has 0 aromatic heterocycles. The second-order valence-corrected chi connectivity index (χ2v) is 5.89. The Balaban J connectivity index is 3.18. The molecule has 0 aliphatic heterocycles. The smallest absolute Gasteiger partial charge is 0.255 e. The Morgan fingerprint density at radius 3 is 2.40 bits per heavy atom. The third-order valence-electron chi connectivity index (χ3n) is 3.08. The third-order valence-corrected chi connectivity index (χ3v) is 3.08. The summed E-state index contributed by atoms with van der Waals surface area (Å²) in [6.45, 7) is 9.29. The summed E-state index contributed by atoms with van der Waals surface area (Å²) in [4.78, 5) is 12.3. The number of nitrogens with one attached hydrogen (secondary N) is 1. The van der Waals surface area contributed by atoms with Crippen LogP contribution in [0.15, 0.2) is 12.1 Å². The van der Waals surface area contributed by atoms with Gasteiger partial charge in [0.05, 0.1) is 19.3 Å². The molecule has 0 unspecified atom stereocenters. The van der Waals surface area contributed by atoms with E-state index in [2.05, 4.69) is 32.2 Å². The van der Waals surface area contributed by atoms with Crippen LogP contribution in [0, 0.1) is 6.92 Å². The van der Waals surface area contributed by atoms with Crippen molar-refractivity contribution in [1.29, 1.82) is 0 Å². The van der Waals surface area contributed by atoms with E-state index in [9.17, 15) is 4.79 Å². The van der Waals surface area contributed by atoms with E-state index in [1.165, 1.54) is 0 Å². The summed E-state index contributed by atoms with van der Waals surface area (Å²) in [6.07, 6.45) is 0. The number of hydrogen-bond donors (Lipinski definition) is 1. The number of ether oxygens (including phenoxy) is 2. The van der Waals surface area contributed by atoms with Crippen molar-refractivity contribution >= 4 is 5.91 Å². The lowest BCUT2D eigenvalue weighted by atomic mass is 9.84. The van der Waals surface area contributed by atoms with Crippen LogP contribution < -0.4 is 10.1 Å². The first-order chi connectivity index (χ1) is 9.31. The van der Waals surface area contributed by atoms with Gasteiger partial charge in [0.25, 0.3) is 5.91 Å². The maximum absolute atomic E-state index is 12.3. The summed E-state index contributed by atoms with van der Waals surface area (Å²) in [5.41, 5.74) is 2.58. The molecule has 0 saturated carbocycles. The van der Waals surface area contributed by atoms with Gasteiger partial charge in [-0.05, 0) is 24.0 Å². The van der Waals surface area contributed by atoms with Gasteiger partial charge in [0.1, 0.15) is 5.75 Å². The lowest BCUT2D eigenvalue weighted by Gasteiger charge is -2.24. The summed E-state index contributed by atoms with van der Waals surface area (Å²) in [6, 6.07) is 3.93. The van der Waals surface area contributed by atoms with Crippen molar-refractivity contribution in [1.82, 2.24) is 5.32 Å². The zero-order chi connectivity index (χ0) is 15.3. The largest absolute Gasteiger partial charge is 0.496 e. The Morgan fingerprint density at radius 2 is 1.90 bits per heavy atom. The summed E-state index contributed by atoms with van der Waals surface area (Å²) >= 11 is 0. The van der Waals surface area contributed by atoms with Crippen LogP contribution in [0.4, 0.5) is 0 Å². The Hall–Kier alpha value is -1.55. The molecule has 112 valence electrons. The molecule has 0 spiro atoms. The van der Waals surface area contributed by atoms with Crippen molar-refractivity contribution in [2.45, 2.75) is 33.1 Å². The molecule has 0 atom stereocenters. The second kappa shape index (κ2) is 6.75. The van der Waals surface area contributed by atoms with E-state index in [0.717, 1.165) is 11.1 Å². The van der Waals surface area contributed by atoms with Crippen molar-refractivity contribution in [2.24, 2.45) is 0 Å². The van der Waals surface area contributed by atoms with Crippen LogP contribution in [0.3, 0.4) is 0 Å². The standard InChI is InChI=1S/C16H25NO3/c1-11-9-12(15(18)17-7-8-19-5)14(20-6)13(10-11)16(2,3)4/h9-10H,7-8H2,1-6H3,(H,17,18). The number of carbonyl (C=O) groups excluding carboxylic acids is 1. The number of benzene rings is 1. The Bertz CT molecular complexity index is 475. The maximum atomic E-state index is 12.3. The van der Waals surface area contributed by atoms with E-state index in [0.29, 0.717) is 24.5 Å². The van der Waals surface area contributed by atoms with Gasteiger partial charge in [0.15, 0.2) is 0 Å². The number of aryl methyl sites for hydroxylation is 1. The fraction of sp³-hybridized carbons (Fsp3) is 0.562. The van der Waals surface area contributed by atoms with Crippen molar-refractivity contribution in [3.8, 4) is 5.75 Å². The van der Waals surface area contributed by atoms with Gasteiger partial charge in [-0.2, -0.15) is 0 Å². The molecule has 0 bridgehead atoms. The minimum Gasteiger partial charge on any atom is -0.496 e. The highest BCUT2D eigenvalue weighted by Crippen LogP contribution is 2.35. The lowest BCUT2D eigenvalue weighted by molar-refractivity contribution is 0.0933. The molecule has 0 fully saturated rings. The van der Waals surface area contributed by atoms with Crippen molar-refractivity contribution in [3.63, 3.8) is 0 Å². The minimum atomic E-state index is -0.131. The molecule has 1 aromatic rings. The topological polar surface area (TPSA) is 47.6 Å². The minimum absolute atomic E-state index is 0.0844. The molecule has 4 nitrogen and oxygen atoms in total. The van der Waals surface area contributed by atoms with Crippen LogP contribution in [0.25, 0.3) is 0 Å². The number of methoxy groups -OCH3 is 2. The van der Waals surface area contributed by atoms with Gasteiger partial charge in [-0.25, -0.2) is 0 Å². The predicted molar refractivity (Wildman–Crippen MR) is 80.6 cm³/mol. The first-order valence-corrected chi connectivity index (χ1v) is 6.77. The number of carbonyl (C=O) groups is 1. The molecule has 1 aromatic carbocycles. The van der Waals surface area contributed by atoms with Gasteiger partial charge in [-0.3, -0.25) is 4.79 Å². The third kappa shape index (κ3) is 3.97. The fourth-order valence-electron chi connectivity index (χ4n) is 2.08. The predicted octanol–water partition coefficient (Wildman–Crippen LogP) is 2.68. The van der Waals surface area contributed by atoms with Crippen LogP contribution in [0.5, 0.6) is 5.75 Å². The van der Waals surface area contributed by atoms with E-state index < -0.39 is 0 Å². The van der Waals surface area contributed by atoms with Gasteiger partial charge in [-0.1, -0.05) is 26.8 Å². The van der Waals surface area contributed by atoms with Gasteiger partial charge in [0, 0.05) is 19.2 Å². The van der Waals surface area contributed by atoms with Crippen LogP contribution in [0.1, 0.15) is 42.3 Å².